The fourth-order valence-corrected chi connectivity index (χ4v) is 6.19. The molecule has 1 aliphatic heterocycles. The average molecular weight is 380 g/mol. The number of benzene rings is 1. The molecule has 3 heterocycles. The first-order valence-electron chi connectivity index (χ1n) is 7.39. The monoisotopic (exact) mass is 379 g/mol. The molecule has 0 aliphatic carbocycles. The lowest BCUT2D eigenvalue weighted by molar-refractivity contribution is 0.295. The number of hydrogen-bond donors (Lipinski definition) is 1. The number of H-pyrrole nitrogens is 1. The van der Waals surface area contributed by atoms with Crippen LogP contribution in [0.4, 0.5) is 0 Å². The largest absolute Gasteiger partial charge is 0.282 e. The first kappa shape index (κ1) is 15.8. The lowest BCUT2D eigenvalue weighted by Gasteiger charge is -2.34. The highest BCUT2D eigenvalue weighted by Crippen LogP contribution is 2.38. The summed E-state index contributed by atoms with van der Waals surface area (Å²) in [5, 5.41) is 7.04. The molecule has 1 unspecified atom stereocenters. The molecule has 8 heteroatoms. The summed E-state index contributed by atoms with van der Waals surface area (Å²) in [6.07, 6.45) is 2.26. The smallest absolute Gasteiger partial charge is 0.253 e. The molecule has 0 fully saturated rings. The van der Waals surface area contributed by atoms with Gasteiger partial charge in [0.25, 0.3) is 10.0 Å². The second kappa shape index (κ2) is 6.00. The number of halogens is 1. The lowest BCUT2D eigenvalue weighted by Crippen LogP contribution is -2.38. The molecule has 3 aromatic rings. The number of aromatic amines is 1. The summed E-state index contributed by atoms with van der Waals surface area (Å²) in [7, 11) is -3.63. The number of nitrogens with one attached hydrogen (secondary N) is 1. The van der Waals surface area contributed by atoms with Gasteiger partial charge in [0.1, 0.15) is 4.21 Å². The normalized spacial score (nSPS) is 18.5. The van der Waals surface area contributed by atoms with Gasteiger partial charge in [-0.15, -0.1) is 11.3 Å². The van der Waals surface area contributed by atoms with Crippen molar-refractivity contribution in [1.29, 1.82) is 0 Å². The van der Waals surface area contributed by atoms with Crippen molar-refractivity contribution < 1.29 is 8.42 Å². The predicted molar refractivity (Wildman–Crippen MR) is 93.5 cm³/mol. The number of aromatic nitrogens is 2. The number of nitrogens with zero attached hydrogens (tertiary/aromatic N) is 2. The van der Waals surface area contributed by atoms with Crippen molar-refractivity contribution in [3.05, 3.63) is 69.8 Å². The van der Waals surface area contributed by atoms with Crippen LogP contribution in [0.2, 0.25) is 4.34 Å². The fraction of sp³-hybridized carbons (Fsp3) is 0.188. The van der Waals surface area contributed by atoms with E-state index < -0.39 is 10.0 Å². The SMILES string of the molecule is O=S(=O)(c1ccc(Cl)s1)N1Cc2cn[nH]c2CC1c1ccccc1. The first-order valence-corrected chi connectivity index (χ1v) is 10.0. The number of rotatable bonds is 3. The quantitative estimate of drug-likeness (QED) is 0.755. The van der Waals surface area contributed by atoms with E-state index in [2.05, 4.69) is 10.2 Å². The highest BCUT2D eigenvalue weighted by Gasteiger charge is 2.38. The molecule has 5 nitrogen and oxygen atoms in total. The molecule has 1 aromatic carbocycles. The fourth-order valence-electron chi connectivity index (χ4n) is 2.99. The van der Waals surface area contributed by atoms with E-state index in [9.17, 15) is 8.42 Å². The van der Waals surface area contributed by atoms with Crippen molar-refractivity contribution in [1.82, 2.24) is 14.5 Å². The van der Waals surface area contributed by atoms with Gasteiger partial charge in [-0.3, -0.25) is 5.10 Å². The summed E-state index contributed by atoms with van der Waals surface area (Å²) in [5.41, 5.74) is 2.86. The van der Waals surface area contributed by atoms with E-state index in [4.69, 9.17) is 11.6 Å². The Labute approximate surface area is 148 Å². The van der Waals surface area contributed by atoms with Crippen LogP contribution in [0, 0.1) is 0 Å². The van der Waals surface area contributed by atoms with Crippen LogP contribution in [-0.2, 0) is 23.0 Å². The van der Waals surface area contributed by atoms with E-state index in [0.717, 1.165) is 28.2 Å². The Morgan fingerprint density at radius 2 is 2.00 bits per heavy atom. The van der Waals surface area contributed by atoms with Gasteiger partial charge in [0.15, 0.2) is 0 Å². The van der Waals surface area contributed by atoms with Crippen molar-refractivity contribution >= 4 is 33.0 Å². The maximum Gasteiger partial charge on any atom is 0.253 e. The highest BCUT2D eigenvalue weighted by molar-refractivity contribution is 7.91. The predicted octanol–water partition coefficient (Wildman–Crippen LogP) is 3.61. The first-order chi connectivity index (χ1) is 11.6. The minimum atomic E-state index is -3.63. The Hall–Kier alpha value is -1.67. The Balaban J connectivity index is 1.81. The summed E-state index contributed by atoms with van der Waals surface area (Å²) in [6.45, 7) is 0.295. The second-order valence-corrected chi connectivity index (χ2v) is 9.45. The molecule has 24 heavy (non-hydrogen) atoms. The Kier molecular flexibility index (Phi) is 3.96. The lowest BCUT2D eigenvalue weighted by atomic mass is 9.97. The van der Waals surface area contributed by atoms with Gasteiger partial charge in [-0.05, 0) is 17.7 Å². The molecule has 1 atom stereocenters. The third kappa shape index (κ3) is 2.67. The van der Waals surface area contributed by atoms with Crippen LogP contribution in [0.5, 0.6) is 0 Å². The zero-order chi connectivity index (χ0) is 16.7. The molecule has 0 spiro atoms. The Morgan fingerprint density at radius 1 is 1.21 bits per heavy atom. The van der Waals surface area contributed by atoms with Crippen LogP contribution in [0.25, 0.3) is 0 Å². The third-order valence-corrected chi connectivity index (χ3v) is 7.73. The number of thiophene rings is 1. The van der Waals surface area contributed by atoms with Crippen molar-refractivity contribution in [2.75, 3.05) is 0 Å². The third-order valence-electron chi connectivity index (χ3n) is 4.17. The average Bonchev–Trinajstić information content (AvgIpc) is 3.23. The molecule has 0 bridgehead atoms. The van der Waals surface area contributed by atoms with E-state index in [1.54, 1.807) is 22.6 Å². The van der Waals surface area contributed by atoms with Crippen molar-refractivity contribution in [3.8, 4) is 0 Å². The number of fused-ring (bicyclic) bond motifs is 1. The van der Waals surface area contributed by atoms with Gasteiger partial charge >= 0.3 is 0 Å². The molecule has 0 radical (unpaired) electrons. The number of hydrogen-bond acceptors (Lipinski definition) is 4. The van der Waals surface area contributed by atoms with Gasteiger partial charge < -0.3 is 0 Å². The zero-order valence-electron chi connectivity index (χ0n) is 12.5. The van der Waals surface area contributed by atoms with Crippen LogP contribution in [0.1, 0.15) is 22.9 Å². The van der Waals surface area contributed by atoms with Crippen LogP contribution in [0.15, 0.2) is 52.9 Å². The molecule has 0 saturated carbocycles. The maximum absolute atomic E-state index is 13.2. The minimum absolute atomic E-state index is 0.264. The topological polar surface area (TPSA) is 66.1 Å². The van der Waals surface area contributed by atoms with Crippen LogP contribution >= 0.6 is 22.9 Å². The van der Waals surface area contributed by atoms with Crippen molar-refractivity contribution in [2.24, 2.45) is 0 Å². The van der Waals surface area contributed by atoms with E-state index in [1.165, 1.54) is 0 Å². The van der Waals surface area contributed by atoms with Crippen molar-refractivity contribution in [2.45, 2.75) is 23.2 Å². The van der Waals surface area contributed by atoms with Crippen molar-refractivity contribution in [3.63, 3.8) is 0 Å². The molecular weight excluding hydrogens is 366 g/mol. The minimum Gasteiger partial charge on any atom is -0.282 e. The summed E-state index contributed by atoms with van der Waals surface area (Å²) < 4.78 is 28.6. The van der Waals surface area contributed by atoms with Crippen LogP contribution < -0.4 is 0 Å². The molecule has 1 aliphatic rings. The summed E-state index contributed by atoms with van der Waals surface area (Å²) in [6, 6.07) is 12.6. The molecule has 2 aromatic heterocycles. The van der Waals surface area contributed by atoms with Gasteiger partial charge in [0.05, 0.1) is 16.6 Å². The zero-order valence-corrected chi connectivity index (χ0v) is 14.9. The van der Waals surface area contributed by atoms with Gasteiger partial charge in [0.2, 0.25) is 0 Å². The Morgan fingerprint density at radius 3 is 2.71 bits per heavy atom. The summed E-state index contributed by atoms with van der Waals surface area (Å²) in [5.74, 6) is 0. The second-order valence-electron chi connectivity index (χ2n) is 5.61. The van der Waals surface area contributed by atoms with Gasteiger partial charge in [-0.1, -0.05) is 41.9 Å². The van der Waals surface area contributed by atoms with E-state index in [1.807, 2.05) is 30.3 Å². The standard InChI is InChI=1S/C16H14ClN3O2S2/c17-15-6-7-16(23-15)24(21,22)20-10-12-9-18-19-13(12)8-14(20)11-4-2-1-3-5-11/h1-7,9,14H,8,10H2,(H,18,19). The maximum atomic E-state index is 13.2. The summed E-state index contributed by atoms with van der Waals surface area (Å²) >= 11 is 7.02. The highest BCUT2D eigenvalue weighted by atomic mass is 35.5. The Bertz CT molecular complexity index is 966. The molecule has 124 valence electrons. The van der Waals surface area contributed by atoms with Gasteiger partial charge in [0, 0.05) is 24.2 Å². The molecular formula is C16H14ClN3O2S2. The summed E-state index contributed by atoms with van der Waals surface area (Å²) in [4.78, 5) is 0. The van der Waals surface area contributed by atoms with Crippen LogP contribution in [0.3, 0.4) is 0 Å². The molecule has 4 rings (SSSR count). The van der Waals surface area contributed by atoms with E-state index in [0.29, 0.717) is 17.3 Å². The molecule has 0 saturated heterocycles. The van der Waals surface area contributed by atoms with Crippen LogP contribution in [-0.4, -0.2) is 22.9 Å². The molecule has 0 amide bonds. The van der Waals surface area contributed by atoms with E-state index >= 15 is 0 Å². The van der Waals surface area contributed by atoms with E-state index in [-0.39, 0.29) is 10.3 Å². The molecule has 1 N–H and O–H groups in total. The van der Waals surface area contributed by atoms with Gasteiger partial charge in [-0.2, -0.15) is 9.40 Å². The van der Waals surface area contributed by atoms with Gasteiger partial charge in [-0.25, -0.2) is 8.42 Å². The number of sulfonamides is 1.